The predicted molar refractivity (Wildman–Crippen MR) is 76.5 cm³/mol. The summed E-state index contributed by atoms with van der Waals surface area (Å²) in [5.74, 6) is 0.0694. The third kappa shape index (κ3) is 4.38. The van der Waals surface area contributed by atoms with Crippen molar-refractivity contribution in [3.05, 3.63) is 29.8 Å². The van der Waals surface area contributed by atoms with Crippen molar-refractivity contribution in [2.45, 2.75) is 27.3 Å². The predicted octanol–water partition coefficient (Wildman–Crippen LogP) is 2.78. The fourth-order valence-corrected chi connectivity index (χ4v) is 1.89. The Morgan fingerprint density at radius 1 is 1.22 bits per heavy atom. The summed E-state index contributed by atoms with van der Waals surface area (Å²) < 4.78 is 0. The van der Waals surface area contributed by atoms with E-state index in [9.17, 15) is 0 Å². The Hall–Kier alpha value is -1.53. The van der Waals surface area contributed by atoms with Gasteiger partial charge in [-0.3, -0.25) is 0 Å². The summed E-state index contributed by atoms with van der Waals surface area (Å²) in [5, 5.41) is 12.0. The van der Waals surface area contributed by atoms with Crippen molar-refractivity contribution in [1.29, 1.82) is 5.26 Å². The second-order valence-corrected chi connectivity index (χ2v) is 4.50. The van der Waals surface area contributed by atoms with Gasteiger partial charge < -0.3 is 10.2 Å². The zero-order valence-corrected chi connectivity index (χ0v) is 11.6. The van der Waals surface area contributed by atoms with Crippen molar-refractivity contribution in [2.75, 3.05) is 24.5 Å². The fourth-order valence-electron chi connectivity index (χ4n) is 1.89. The van der Waals surface area contributed by atoms with Crippen LogP contribution in [0.3, 0.4) is 0 Å². The van der Waals surface area contributed by atoms with E-state index in [0.29, 0.717) is 0 Å². The summed E-state index contributed by atoms with van der Waals surface area (Å²) in [7, 11) is 0. The third-order valence-corrected chi connectivity index (χ3v) is 3.06. The molecule has 1 aromatic rings. The first kappa shape index (κ1) is 14.5. The SMILES string of the molecule is CCN(CC)c1ccc(CNCC(C)C#N)cc1. The van der Waals surface area contributed by atoms with Gasteiger partial charge in [-0.15, -0.1) is 0 Å². The lowest BCUT2D eigenvalue weighted by Crippen LogP contribution is -2.22. The third-order valence-electron chi connectivity index (χ3n) is 3.06. The van der Waals surface area contributed by atoms with E-state index in [0.717, 1.165) is 26.2 Å². The highest BCUT2D eigenvalue weighted by molar-refractivity contribution is 5.47. The van der Waals surface area contributed by atoms with E-state index in [1.165, 1.54) is 11.3 Å². The molecule has 0 aliphatic heterocycles. The number of nitrogens with zero attached hydrogens (tertiary/aromatic N) is 2. The van der Waals surface area contributed by atoms with Gasteiger partial charge in [0.2, 0.25) is 0 Å². The lowest BCUT2D eigenvalue weighted by atomic mass is 10.1. The smallest absolute Gasteiger partial charge is 0.0666 e. The van der Waals surface area contributed by atoms with Crippen LogP contribution in [-0.4, -0.2) is 19.6 Å². The molecular weight excluding hydrogens is 222 g/mol. The van der Waals surface area contributed by atoms with Crippen LogP contribution in [-0.2, 0) is 6.54 Å². The number of rotatable bonds is 7. The maximum absolute atomic E-state index is 8.69. The molecule has 0 aliphatic rings. The maximum Gasteiger partial charge on any atom is 0.0666 e. The van der Waals surface area contributed by atoms with Crippen molar-refractivity contribution in [2.24, 2.45) is 5.92 Å². The number of nitrogens with one attached hydrogen (secondary N) is 1. The van der Waals surface area contributed by atoms with Gasteiger partial charge in [-0.2, -0.15) is 5.26 Å². The van der Waals surface area contributed by atoms with Crippen molar-refractivity contribution in [1.82, 2.24) is 5.32 Å². The van der Waals surface area contributed by atoms with Crippen LogP contribution in [0, 0.1) is 17.2 Å². The van der Waals surface area contributed by atoms with Gasteiger partial charge in [0.05, 0.1) is 12.0 Å². The van der Waals surface area contributed by atoms with Crippen molar-refractivity contribution >= 4 is 5.69 Å². The maximum atomic E-state index is 8.69. The number of benzene rings is 1. The Labute approximate surface area is 110 Å². The molecule has 0 radical (unpaired) electrons. The van der Waals surface area contributed by atoms with E-state index in [2.05, 4.69) is 54.4 Å². The van der Waals surface area contributed by atoms with Crippen LogP contribution in [0.25, 0.3) is 0 Å². The largest absolute Gasteiger partial charge is 0.372 e. The monoisotopic (exact) mass is 245 g/mol. The van der Waals surface area contributed by atoms with Gasteiger partial charge in [-0.1, -0.05) is 12.1 Å². The second kappa shape index (κ2) is 7.73. The normalized spacial score (nSPS) is 11.9. The molecule has 0 bridgehead atoms. The molecule has 0 fully saturated rings. The first-order chi connectivity index (χ1) is 8.71. The highest BCUT2D eigenvalue weighted by atomic mass is 15.1. The minimum Gasteiger partial charge on any atom is -0.372 e. The van der Waals surface area contributed by atoms with Crippen LogP contribution in [0.5, 0.6) is 0 Å². The number of hydrogen-bond donors (Lipinski definition) is 1. The Kier molecular flexibility index (Phi) is 6.24. The molecule has 0 aliphatic carbocycles. The minimum absolute atomic E-state index is 0.0694. The Balaban J connectivity index is 2.48. The summed E-state index contributed by atoms with van der Waals surface area (Å²) in [5.41, 5.74) is 2.53. The molecule has 1 rings (SSSR count). The molecule has 1 atom stereocenters. The topological polar surface area (TPSA) is 39.1 Å². The van der Waals surface area contributed by atoms with Crippen LogP contribution < -0.4 is 10.2 Å². The molecule has 98 valence electrons. The Bertz CT molecular complexity index is 374. The first-order valence-electron chi connectivity index (χ1n) is 6.65. The number of nitriles is 1. The average Bonchev–Trinajstić information content (AvgIpc) is 2.41. The quantitative estimate of drug-likeness (QED) is 0.803. The molecule has 3 nitrogen and oxygen atoms in total. The Morgan fingerprint density at radius 3 is 2.33 bits per heavy atom. The van der Waals surface area contributed by atoms with E-state index >= 15 is 0 Å². The molecule has 0 heterocycles. The lowest BCUT2D eigenvalue weighted by molar-refractivity contribution is 0.601. The summed E-state index contributed by atoms with van der Waals surface area (Å²) in [6.45, 7) is 9.90. The van der Waals surface area contributed by atoms with E-state index < -0.39 is 0 Å². The number of hydrogen-bond acceptors (Lipinski definition) is 3. The van der Waals surface area contributed by atoms with Crippen LogP contribution in [0.15, 0.2) is 24.3 Å². The van der Waals surface area contributed by atoms with Crippen LogP contribution in [0.4, 0.5) is 5.69 Å². The fraction of sp³-hybridized carbons (Fsp3) is 0.533. The number of anilines is 1. The zero-order chi connectivity index (χ0) is 13.4. The van der Waals surface area contributed by atoms with E-state index in [-0.39, 0.29) is 5.92 Å². The summed E-state index contributed by atoms with van der Waals surface area (Å²) in [6, 6.07) is 10.9. The lowest BCUT2D eigenvalue weighted by Gasteiger charge is -2.21. The average molecular weight is 245 g/mol. The summed E-state index contributed by atoms with van der Waals surface area (Å²) in [4.78, 5) is 2.33. The van der Waals surface area contributed by atoms with Gasteiger partial charge in [-0.25, -0.2) is 0 Å². The molecule has 1 unspecified atom stereocenters. The molecule has 1 aromatic carbocycles. The molecule has 18 heavy (non-hydrogen) atoms. The van der Waals surface area contributed by atoms with Crippen LogP contribution in [0.2, 0.25) is 0 Å². The first-order valence-corrected chi connectivity index (χ1v) is 6.65. The highest BCUT2D eigenvalue weighted by Gasteiger charge is 2.02. The summed E-state index contributed by atoms with van der Waals surface area (Å²) >= 11 is 0. The molecule has 3 heteroatoms. The Morgan fingerprint density at radius 2 is 1.83 bits per heavy atom. The summed E-state index contributed by atoms with van der Waals surface area (Å²) in [6.07, 6.45) is 0. The van der Waals surface area contributed by atoms with Gasteiger partial charge >= 0.3 is 0 Å². The van der Waals surface area contributed by atoms with E-state index in [1.54, 1.807) is 0 Å². The molecule has 0 saturated carbocycles. The van der Waals surface area contributed by atoms with Gasteiger partial charge in [-0.05, 0) is 38.5 Å². The van der Waals surface area contributed by atoms with Crippen LogP contribution >= 0.6 is 0 Å². The zero-order valence-electron chi connectivity index (χ0n) is 11.6. The highest BCUT2D eigenvalue weighted by Crippen LogP contribution is 2.14. The second-order valence-electron chi connectivity index (χ2n) is 4.50. The standard InChI is InChI=1S/C15H23N3/c1-4-18(5-2)15-8-6-14(7-9-15)12-17-11-13(3)10-16/h6-9,13,17H,4-5,11-12H2,1-3H3. The van der Waals surface area contributed by atoms with Gasteiger partial charge in [0.15, 0.2) is 0 Å². The molecular formula is C15H23N3. The van der Waals surface area contributed by atoms with Gasteiger partial charge in [0.1, 0.15) is 0 Å². The van der Waals surface area contributed by atoms with Crippen molar-refractivity contribution < 1.29 is 0 Å². The molecule has 0 spiro atoms. The van der Waals surface area contributed by atoms with E-state index in [4.69, 9.17) is 5.26 Å². The molecule has 0 saturated heterocycles. The molecule has 0 aromatic heterocycles. The molecule has 1 N–H and O–H groups in total. The van der Waals surface area contributed by atoms with Gasteiger partial charge in [0, 0.05) is 31.9 Å². The molecule has 0 amide bonds. The van der Waals surface area contributed by atoms with Crippen molar-refractivity contribution in [3.63, 3.8) is 0 Å². The van der Waals surface area contributed by atoms with Crippen molar-refractivity contribution in [3.8, 4) is 6.07 Å². The van der Waals surface area contributed by atoms with E-state index in [1.807, 2.05) is 6.92 Å². The van der Waals surface area contributed by atoms with Gasteiger partial charge in [0.25, 0.3) is 0 Å². The minimum atomic E-state index is 0.0694. The van der Waals surface area contributed by atoms with Crippen LogP contribution in [0.1, 0.15) is 26.3 Å².